The van der Waals surface area contributed by atoms with Gasteiger partial charge in [-0.05, 0) is 85.1 Å². The van der Waals surface area contributed by atoms with Crippen molar-refractivity contribution in [1.29, 1.82) is 0 Å². The summed E-state index contributed by atoms with van der Waals surface area (Å²) in [6, 6.07) is 29.5. The van der Waals surface area contributed by atoms with Crippen LogP contribution in [0, 0.1) is 5.82 Å². The number of carbonyl (C=O) groups excluding carboxylic acids is 1. The molecule has 4 aromatic carbocycles. The quantitative estimate of drug-likeness (QED) is 0.220. The lowest BCUT2D eigenvalue weighted by atomic mass is 9.95. The van der Waals surface area contributed by atoms with Gasteiger partial charge in [0, 0.05) is 5.69 Å². The summed E-state index contributed by atoms with van der Waals surface area (Å²) >= 11 is 1.28. The lowest BCUT2D eigenvalue weighted by Crippen LogP contribution is -2.40. The third kappa shape index (κ3) is 6.63. The van der Waals surface area contributed by atoms with Crippen molar-refractivity contribution in [3.8, 4) is 11.5 Å². The number of anilines is 1. The predicted molar refractivity (Wildman–Crippen MR) is 174 cm³/mol. The topological polar surface area (TPSA) is 81.9 Å². The Morgan fingerprint density at radius 3 is 2.29 bits per heavy atom. The minimum absolute atomic E-state index is 0.244. The highest BCUT2D eigenvalue weighted by Crippen LogP contribution is 2.32. The first-order chi connectivity index (χ1) is 21.9. The molecule has 226 valence electrons. The van der Waals surface area contributed by atoms with Crippen LogP contribution in [0.3, 0.4) is 0 Å². The summed E-state index contributed by atoms with van der Waals surface area (Å²) in [5.41, 5.74) is 3.77. The van der Waals surface area contributed by atoms with Crippen LogP contribution in [0.15, 0.2) is 124 Å². The number of hydrogen-bond donors (Lipinski definition) is 1. The second-order valence-corrected chi connectivity index (χ2v) is 11.4. The summed E-state index contributed by atoms with van der Waals surface area (Å²) in [5.74, 6) is 0.737. The SMILES string of the molecule is CCOc1ccc([C@H]2C(C(=O)Nc3ccccc3)=C(C)N=c3s/c(=C\c4ccc(OCc5ccc(F)cc5)cc4)c(=O)n32)cc1. The van der Waals surface area contributed by atoms with E-state index in [9.17, 15) is 14.0 Å². The number of fused-ring (bicyclic) bond motifs is 1. The van der Waals surface area contributed by atoms with E-state index in [4.69, 9.17) is 14.5 Å². The number of halogens is 1. The fourth-order valence-corrected chi connectivity index (χ4v) is 6.17. The molecule has 1 aromatic heterocycles. The number of allylic oxidation sites excluding steroid dienone is 1. The van der Waals surface area contributed by atoms with Gasteiger partial charge in [-0.1, -0.05) is 65.9 Å². The van der Waals surface area contributed by atoms with Gasteiger partial charge >= 0.3 is 0 Å². The highest BCUT2D eigenvalue weighted by Gasteiger charge is 2.32. The third-order valence-electron chi connectivity index (χ3n) is 7.30. The summed E-state index contributed by atoms with van der Waals surface area (Å²) in [6.45, 7) is 4.55. The van der Waals surface area contributed by atoms with Crippen LogP contribution >= 0.6 is 11.3 Å². The van der Waals surface area contributed by atoms with Crippen LogP contribution in [0.2, 0.25) is 0 Å². The Morgan fingerprint density at radius 1 is 0.933 bits per heavy atom. The van der Waals surface area contributed by atoms with Crippen LogP contribution in [0.1, 0.15) is 36.6 Å². The molecule has 0 spiro atoms. The Labute approximate surface area is 263 Å². The van der Waals surface area contributed by atoms with E-state index in [0.29, 0.717) is 51.0 Å². The van der Waals surface area contributed by atoms with Gasteiger partial charge in [-0.25, -0.2) is 9.38 Å². The van der Waals surface area contributed by atoms with E-state index in [0.717, 1.165) is 16.7 Å². The van der Waals surface area contributed by atoms with Crippen molar-refractivity contribution in [2.24, 2.45) is 4.99 Å². The number of nitrogens with one attached hydrogen (secondary N) is 1. The van der Waals surface area contributed by atoms with Crippen LogP contribution in [0.25, 0.3) is 6.08 Å². The van der Waals surface area contributed by atoms with Gasteiger partial charge in [-0.3, -0.25) is 14.2 Å². The van der Waals surface area contributed by atoms with Gasteiger partial charge in [-0.2, -0.15) is 0 Å². The van der Waals surface area contributed by atoms with Crippen molar-refractivity contribution >= 4 is 29.0 Å². The van der Waals surface area contributed by atoms with Crippen LogP contribution < -0.4 is 29.7 Å². The zero-order chi connectivity index (χ0) is 31.3. The van der Waals surface area contributed by atoms with Crippen LogP contribution in [0.4, 0.5) is 10.1 Å². The lowest BCUT2D eigenvalue weighted by Gasteiger charge is -2.25. The normalized spacial score (nSPS) is 14.5. The zero-order valence-electron chi connectivity index (χ0n) is 24.7. The Kier molecular flexibility index (Phi) is 8.70. The third-order valence-corrected chi connectivity index (χ3v) is 8.28. The molecule has 0 unspecified atom stereocenters. The maximum atomic E-state index is 14.0. The average Bonchev–Trinajstić information content (AvgIpc) is 3.35. The Balaban J connectivity index is 1.34. The second-order valence-electron chi connectivity index (χ2n) is 10.4. The number of carbonyl (C=O) groups is 1. The summed E-state index contributed by atoms with van der Waals surface area (Å²) < 4.78 is 26.7. The molecule has 6 rings (SSSR count). The summed E-state index contributed by atoms with van der Waals surface area (Å²) in [4.78, 5) is 33.0. The molecule has 1 aliphatic heterocycles. The first kappa shape index (κ1) is 29.8. The summed E-state index contributed by atoms with van der Waals surface area (Å²) in [7, 11) is 0. The number of nitrogens with zero attached hydrogens (tertiary/aromatic N) is 2. The zero-order valence-corrected chi connectivity index (χ0v) is 25.5. The largest absolute Gasteiger partial charge is 0.494 e. The van der Waals surface area contributed by atoms with Crippen molar-refractivity contribution in [1.82, 2.24) is 4.57 Å². The van der Waals surface area contributed by atoms with Crippen molar-refractivity contribution < 1.29 is 18.7 Å². The Hall–Kier alpha value is -5.28. The van der Waals surface area contributed by atoms with Gasteiger partial charge in [0.2, 0.25) is 0 Å². The molecule has 7 nitrogen and oxygen atoms in total. The molecule has 0 aliphatic carbocycles. The number of para-hydroxylation sites is 1. The smallest absolute Gasteiger partial charge is 0.271 e. The molecule has 0 radical (unpaired) electrons. The number of amides is 1. The van der Waals surface area contributed by atoms with E-state index in [2.05, 4.69) is 5.32 Å². The molecule has 0 saturated carbocycles. The Morgan fingerprint density at radius 2 is 1.60 bits per heavy atom. The average molecular weight is 620 g/mol. The first-order valence-electron chi connectivity index (χ1n) is 14.5. The maximum Gasteiger partial charge on any atom is 0.271 e. The second kappa shape index (κ2) is 13.2. The van der Waals surface area contributed by atoms with E-state index < -0.39 is 6.04 Å². The minimum Gasteiger partial charge on any atom is -0.494 e. The number of aromatic nitrogens is 1. The van der Waals surface area contributed by atoms with Crippen molar-refractivity contribution in [3.05, 3.63) is 157 Å². The van der Waals surface area contributed by atoms with Gasteiger partial charge in [0.15, 0.2) is 4.80 Å². The van der Waals surface area contributed by atoms with Gasteiger partial charge in [0.25, 0.3) is 11.5 Å². The molecule has 2 heterocycles. The first-order valence-corrected chi connectivity index (χ1v) is 15.3. The Bertz CT molecular complexity index is 2030. The van der Waals surface area contributed by atoms with Gasteiger partial charge in [0.05, 0.1) is 28.5 Å². The molecule has 1 atom stereocenters. The predicted octanol–water partition coefficient (Wildman–Crippen LogP) is 5.99. The summed E-state index contributed by atoms with van der Waals surface area (Å²) in [5, 5.41) is 2.97. The van der Waals surface area contributed by atoms with E-state index >= 15 is 0 Å². The molecule has 45 heavy (non-hydrogen) atoms. The number of thiazole rings is 1. The molecule has 5 aromatic rings. The fraction of sp³-hybridized carbons (Fsp3) is 0.139. The van der Waals surface area contributed by atoms with Crippen LogP contribution in [0.5, 0.6) is 11.5 Å². The number of hydrogen-bond acceptors (Lipinski definition) is 6. The van der Waals surface area contributed by atoms with Crippen LogP contribution in [-0.4, -0.2) is 17.1 Å². The minimum atomic E-state index is -0.690. The molecule has 0 bridgehead atoms. The fourth-order valence-electron chi connectivity index (χ4n) is 5.12. The van der Waals surface area contributed by atoms with Crippen molar-refractivity contribution in [3.63, 3.8) is 0 Å². The number of ether oxygens (including phenoxy) is 2. The van der Waals surface area contributed by atoms with Gasteiger partial charge in [0.1, 0.15) is 23.9 Å². The number of benzene rings is 4. The molecule has 1 N–H and O–H groups in total. The molecule has 0 fully saturated rings. The highest BCUT2D eigenvalue weighted by molar-refractivity contribution is 7.07. The van der Waals surface area contributed by atoms with Crippen molar-refractivity contribution in [2.45, 2.75) is 26.5 Å². The lowest BCUT2D eigenvalue weighted by molar-refractivity contribution is -0.113. The monoisotopic (exact) mass is 619 g/mol. The van der Waals surface area contributed by atoms with E-state index in [1.165, 1.54) is 23.5 Å². The number of rotatable bonds is 9. The molecular formula is C36H30FN3O4S. The standard InChI is InChI=1S/C36H30FN3O4S/c1-3-43-29-19-13-26(14-20-29)33-32(34(41)39-28-7-5-4-6-8-28)23(2)38-36-40(33)35(42)31(45-36)21-24-11-17-30(18-12-24)44-22-25-9-15-27(37)16-10-25/h4-21,33H,3,22H2,1-2H3,(H,39,41)/b31-21-/t33-/m0/s1. The highest BCUT2D eigenvalue weighted by atomic mass is 32.1. The van der Waals surface area contributed by atoms with Gasteiger partial charge in [-0.15, -0.1) is 0 Å². The molecular weight excluding hydrogens is 589 g/mol. The molecule has 0 saturated heterocycles. The molecule has 1 amide bonds. The maximum absolute atomic E-state index is 14.0. The van der Waals surface area contributed by atoms with Gasteiger partial charge < -0.3 is 14.8 Å². The molecule has 9 heteroatoms. The van der Waals surface area contributed by atoms with Crippen LogP contribution in [-0.2, 0) is 11.4 Å². The molecule has 1 aliphatic rings. The van der Waals surface area contributed by atoms with E-state index in [1.807, 2.05) is 91.9 Å². The van der Waals surface area contributed by atoms with Crippen molar-refractivity contribution in [2.75, 3.05) is 11.9 Å². The summed E-state index contributed by atoms with van der Waals surface area (Å²) in [6.07, 6.45) is 1.81. The van der Waals surface area contributed by atoms with E-state index in [1.54, 1.807) is 23.6 Å². The van der Waals surface area contributed by atoms with E-state index in [-0.39, 0.29) is 17.3 Å².